The molecular formula is C17H17Cl3N2S. The minimum atomic E-state index is 0.404. The van der Waals surface area contributed by atoms with Crippen molar-refractivity contribution in [3.05, 3.63) is 57.0 Å². The number of thiocarbonyl (C=S) groups is 1. The summed E-state index contributed by atoms with van der Waals surface area (Å²) in [6.45, 7) is 4.39. The Labute approximate surface area is 157 Å². The molecule has 2 aromatic rings. The lowest BCUT2D eigenvalue weighted by Gasteiger charge is -2.14. The predicted molar refractivity (Wildman–Crippen MR) is 106 cm³/mol. The molecule has 0 aliphatic rings. The van der Waals surface area contributed by atoms with Gasteiger partial charge >= 0.3 is 0 Å². The highest BCUT2D eigenvalue weighted by Crippen LogP contribution is 2.32. The normalized spacial score (nSPS) is 11.9. The van der Waals surface area contributed by atoms with E-state index in [4.69, 9.17) is 47.0 Å². The van der Waals surface area contributed by atoms with Crippen LogP contribution in [-0.2, 0) is 0 Å². The number of hydrogen-bond donors (Lipinski definition) is 2. The highest BCUT2D eigenvalue weighted by molar-refractivity contribution is 7.80. The van der Waals surface area contributed by atoms with Crippen molar-refractivity contribution in [1.29, 1.82) is 0 Å². The third-order valence-corrected chi connectivity index (χ3v) is 4.85. The molecule has 0 aliphatic heterocycles. The average Bonchev–Trinajstić information content (AvgIpc) is 2.52. The van der Waals surface area contributed by atoms with Crippen LogP contribution < -0.4 is 10.6 Å². The van der Waals surface area contributed by atoms with Gasteiger partial charge in [0, 0.05) is 5.69 Å². The molecule has 0 bridgehead atoms. The van der Waals surface area contributed by atoms with Gasteiger partial charge in [0.1, 0.15) is 0 Å². The summed E-state index contributed by atoms with van der Waals surface area (Å²) in [6.07, 6.45) is 1.11. The summed E-state index contributed by atoms with van der Waals surface area (Å²) in [5.41, 5.74) is 2.82. The molecule has 122 valence electrons. The van der Waals surface area contributed by atoms with Crippen molar-refractivity contribution < 1.29 is 0 Å². The molecule has 0 fully saturated rings. The van der Waals surface area contributed by atoms with Gasteiger partial charge in [-0.05, 0) is 54.4 Å². The Hall–Kier alpha value is -1.00. The van der Waals surface area contributed by atoms with Gasteiger partial charge in [-0.25, -0.2) is 0 Å². The van der Waals surface area contributed by atoms with Crippen LogP contribution in [0.4, 0.5) is 11.4 Å². The second kappa shape index (κ2) is 8.20. The summed E-state index contributed by atoms with van der Waals surface area (Å²) in [5, 5.41) is 7.85. The molecule has 0 aliphatic carbocycles. The van der Waals surface area contributed by atoms with Gasteiger partial charge < -0.3 is 10.6 Å². The molecule has 0 heterocycles. The van der Waals surface area contributed by atoms with Crippen LogP contribution in [0.2, 0.25) is 15.1 Å². The molecule has 0 saturated heterocycles. The smallest absolute Gasteiger partial charge is 0.175 e. The van der Waals surface area contributed by atoms with Crippen molar-refractivity contribution in [2.75, 3.05) is 10.6 Å². The van der Waals surface area contributed by atoms with Crippen LogP contribution in [0, 0.1) is 0 Å². The molecule has 2 nitrogen and oxygen atoms in total. The number of anilines is 2. The Morgan fingerprint density at radius 3 is 2.22 bits per heavy atom. The molecule has 23 heavy (non-hydrogen) atoms. The van der Waals surface area contributed by atoms with Gasteiger partial charge in [-0.15, -0.1) is 0 Å². The molecule has 1 atom stereocenters. The minimum absolute atomic E-state index is 0.404. The van der Waals surface area contributed by atoms with Gasteiger partial charge in [-0.2, -0.15) is 0 Å². The van der Waals surface area contributed by atoms with E-state index in [9.17, 15) is 0 Å². The first-order valence-electron chi connectivity index (χ1n) is 7.23. The van der Waals surface area contributed by atoms with Crippen molar-refractivity contribution in [2.24, 2.45) is 0 Å². The van der Waals surface area contributed by atoms with Crippen LogP contribution in [0.15, 0.2) is 36.4 Å². The minimum Gasteiger partial charge on any atom is -0.332 e. The number of nitrogens with one attached hydrogen (secondary N) is 2. The second-order valence-electron chi connectivity index (χ2n) is 5.26. The molecule has 0 radical (unpaired) electrons. The van der Waals surface area contributed by atoms with Crippen LogP contribution in [-0.4, -0.2) is 5.11 Å². The average molecular weight is 388 g/mol. The first-order chi connectivity index (χ1) is 10.9. The third-order valence-electron chi connectivity index (χ3n) is 3.61. The number of hydrogen-bond acceptors (Lipinski definition) is 1. The van der Waals surface area contributed by atoms with E-state index in [0.29, 0.717) is 31.8 Å². The third kappa shape index (κ3) is 4.98. The van der Waals surface area contributed by atoms with Crippen LogP contribution in [0.25, 0.3) is 0 Å². The van der Waals surface area contributed by atoms with Crippen molar-refractivity contribution in [3.63, 3.8) is 0 Å². The quantitative estimate of drug-likeness (QED) is 0.437. The van der Waals surface area contributed by atoms with Gasteiger partial charge in [-0.3, -0.25) is 0 Å². The predicted octanol–water partition coefficient (Wildman–Crippen LogP) is 6.97. The molecule has 6 heteroatoms. The van der Waals surface area contributed by atoms with Crippen LogP contribution in [0.3, 0.4) is 0 Å². The Morgan fingerprint density at radius 1 is 1.00 bits per heavy atom. The molecule has 2 rings (SSSR count). The first kappa shape index (κ1) is 18.3. The summed E-state index contributed by atoms with van der Waals surface area (Å²) in [6, 6.07) is 11.4. The number of benzene rings is 2. The monoisotopic (exact) mass is 386 g/mol. The van der Waals surface area contributed by atoms with Gasteiger partial charge in [0.05, 0.1) is 20.8 Å². The lowest BCUT2D eigenvalue weighted by molar-refractivity contribution is 0.734. The maximum Gasteiger partial charge on any atom is 0.175 e. The Kier molecular flexibility index (Phi) is 6.54. The zero-order valence-corrected chi connectivity index (χ0v) is 15.9. The van der Waals surface area contributed by atoms with Gasteiger partial charge in [0.15, 0.2) is 5.11 Å². The summed E-state index contributed by atoms with van der Waals surface area (Å²) >= 11 is 23.3. The van der Waals surface area contributed by atoms with Crippen molar-refractivity contribution in [1.82, 2.24) is 0 Å². The van der Waals surface area contributed by atoms with Gasteiger partial charge in [0.2, 0.25) is 0 Å². The van der Waals surface area contributed by atoms with Gasteiger partial charge in [-0.1, -0.05) is 60.8 Å². The fourth-order valence-electron chi connectivity index (χ4n) is 2.03. The van der Waals surface area contributed by atoms with E-state index in [1.807, 2.05) is 12.1 Å². The van der Waals surface area contributed by atoms with Crippen molar-refractivity contribution >= 4 is 63.5 Å². The highest BCUT2D eigenvalue weighted by atomic mass is 35.5. The van der Waals surface area contributed by atoms with E-state index < -0.39 is 0 Å². The van der Waals surface area contributed by atoms with E-state index >= 15 is 0 Å². The lowest BCUT2D eigenvalue weighted by Crippen LogP contribution is -2.19. The SMILES string of the molecule is CCC(C)c1ccc(NC(=S)Nc2cc(Cl)c(Cl)cc2Cl)cc1. The fraction of sp³-hybridized carbons (Fsp3) is 0.235. The topological polar surface area (TPSA) is 24.1 Å². The van der Waals surface area contributed by atoms with E-state index in [1.54, 1.807) is 12.1 Å². The standard InChI is InChI=1S/C17H17Cl3N2S/c1-3-10(2)11-4-6-12(7-5-11)21-17(23)22-16-9-14(19)13(18)8-15(16)20/h4-10H,3H2,1-2H3,(H2,21,22,23). The van der Waals surface area contributed by atoms with Crippen LogP contribution in [0.1, 0.15) is 31.7 Å². The zero-order valence-electron chi connectivity index (χ0n) is 12.8. The molecule has 2 N–H and O–H groups in total. The van der Waals surface area contributed by atoms with Gasteiger partial charge in [0.25, 0.3) is 0 Å². The van der Waals surface area contributed by atoms with E-state index in [2.05, 4.69) is 36.6 Å². The first-order valence-corrected chi connectivity index (χ1v) is 8.77. The molecule has 1 unspecified atom stereocenters. The van der Waals surface area contributed by atoms with Crippen molar-refractivity contribution in [2.45, 2.75) is 26.2 Å². The highest BCUT2D eigenvalue weighted by Gasteiger charge is 2.08. The lowest BCUT2D eigenvalue weighted by atomic mass is 9.99. The maximum absolute atomic E-state index is 6.13. The summed E-state index contributed by atoms with van der Waals surface area (Å²) < 4.78 is 0. The molecule has 0 spiro atoms. The summed E-state index contributed by atoms with van der Waals surface area (Å²) in [7, 11) is 0. The van der Waals surface area contributed by atoms with E-state index in [0.717, 1.165) is 12.1 Å². The second-order valence-corrected chi connectivity index (χ2v) is 6.89. The summed E-state index contributed by atoms with van der Waals surface area (Å²) in [5.74, 6) is 0.546. The Morgan fingerprint density at radius 2 is 1.61 bits per heavy atom. The molecular weight excluding hydrogens is 371 g/mol. The maximum atomic E-state index is 6.13. The van der Waals surface area contributed by atoms with E-state index in [1.165, 1.54) is 5.56 Å². The van der Waals surface area contributed by atoms with E-state index in [-0.39, 0.29) is 0 Å². The number of halogens is 3. The van der Waals surface area contributed by atoms with Crippen LogP contribution in [0.5, 0.6) is 0 Å². The molecule has 0 aromatic heterocycles. The zero-order chi connectivity index (χ0) is 17.0. The molecule has 2 aromatic carbocycles. The number of rotatable bonds is 4. The molecule has 0 amide bonds. The molecule has 0 saturated carbocycles. The Bertz CT molecular complexity index is 702. The Balaban J connectivity index is 2.04. The largest absolute Gasteiger partial charge is 0.332 e. The summed E-state index contributed by atoms with van der Waals surface area (Å²) in [4.78, 5) is 0. The van der Waals surface area contributed by atoms with Crippen LogP contribution >= 0.6 is 47.0 Å². The van der Waals surface area contributed by atoms with Crippen molar-refractivity contribution in [3.8, 4) is 0 Å². The fourth-order valence-corrected chi connectivity index (χ4v) is 2.86.